The number of carbonyl (C=O) groups is 2. The number of aliphatic carboxylic acids is 1. The average molecular weight is 245 g/mol. The second kappa shape index (κ2) is 8.98. The summed E-state index contributed by atoms with van der Waals surface area (Å²) in [5, 5.41) is 20.1. The number of aliphatic hydroxyl groups excluding tert-OH is 1. The number of carboxylic acid groups (broad SMARTS) is 1. The van der Waals surface area contributed by atoms with E-state index in [1.54, 1.807) is 0 Å². The zero-order valence-electron chi connectivity index (χ0n) is 10.6. The number of rotatable bonds is 9. The molecule has 1 amide bonds. The van der Waals surface area contributed by atoms with E-state index >= 15 is 0 Å². The van der Waals surface area contributed by atoms with Gasteiger partial charge in [0.15, 0.2) is 0 Å². The lowest BCUT2D eigenvalue weighted by Gasteiger charge is -2.19. The van der Waals surface area contributed by atoms with Crippen molar-refractivity contribution in [1.29, 1.82) is 0 Å². The molecule has 0 radical (unpaired) electrons. The third-order valence-corrected chi connectivity index (χ3v) is 2.68. The normalized spacial score (nSPS) is 12.5. The van der Waals surface area contributed by atoms with Crippen LogP contribution in [0.4, 0.5) is 0 Å². The Morgan fingerprint density at radius 1 is 1.12 bits per heavy atom. The van der Waals surface area contributed by atoms with E-state index in [0.29, 0.717) is 0 Å². The van der Waals surface area contributed by atoms with E-state index < -0.39 is 12.0 Å². The summed E-state index contributed by atoms with van der Waals surface area (Å²) in [6, 6.07) is -0.983. The first-order valence-corrected chi connectivity index (χ1v) is 6.20. The number of aliphatic hydroxyl groups is 1. The Hall–Kier alpha value is -1.10. The molecule has 0 aliphatic carbocycles. The summed E-state index contributed by atoms with van der Waals surface area (Å²) >= 11 is 0. The molecule has 0 aromatic rings. The number of hydrogen-bond acceptors (Lipinski definition) is 3. The molecule has 0 rings (SSSR count). The molecule has 3 N–H and O–H groups in total. The van der Waals surface area contributed by atoms with Crippen molar-refractivity contribution in [3.05, 3.63) is 0 Å². The number of hydrogen-bond donors (Lipinski definition) is 3. The molecule has 0 heterocycles. The lowest BCUT2D eigenvalue weighted by molar-refractivity contribution is -0.143. The van der Waals surface area contributed by atoms with E-state index in [9.17, 15) is 9.59 Å². The molecule has 5 nitrogen and oxygen atoms in total. The molecular formula is C12H23NO4. The minimum atomic E-state index is -1.10. The highest BCUT2D eigenvalue weighted by Gasteiger charge is 2.23. The van der Waals surface area contributed by atoms with Crippen LogP contribution in [0.25, 0.3) is 0 Å². The maximum absolute atomic E-state index is 11.9. The van der Waals surface area contributed by atoms with Gasteiger partial charge in [0.25, 0.3) is 0 Å². The van der Waals surface area contributed by atoms with E-state index in [1.807, 2.05) is 13.8 Å². The monoisotopic (exact) mass is 245 g/mol. The van der Waals surface area contributed by atoms with E-state index in [1.165, 1.54) is 0 Å². The van der Waals surface area contributed by atoms with Gasteiger partial charge in [0, 0.05) is 18.9 Å². The number of amides is 1. The molecule has 100 valence electrons. The molecule has 0 aliphatic heterocycles. The fourth-order valence-corrected chi connectivity index (χ4v) is 1.78. The van der Waals surface area contributed by atoms with E-state index in [4.69, 9.17) is 10.2 Å². The summed E-state index contributed by atoms with van der Waals surface area (Å²) in [6.45, 7) is 3.75. The smallest absolute Gasteiger partial charge is 0.326 e. The molecular weight excluding hydrogens is 222 g/mol. The highest BCUT2D eigenvalue weighted by Crippen LogP contribution is 2.14. The van der Waals surface area contributed by atoms with Gasteiger partial charge in [0.2, 0.25) is 5.91 Å². The zero-order valence-corrected chi connectivity index (χ0v) is 10.6. The maximum Gasteiger partial charge on any atom is 0.326 e. The van der Waals surface area contributed by atoms with Crippen LogP contribution in [0.15, 0.2) is 0 Å². The molecule has 1 atom stereocenters. The van der Waals surface area contributed by atoms with E-state index in [0.717, 1.165) is 25.7 Å². The Morgan fingerprint density at radius 2 is 1.65 bits per heavy atom. The molecule has 0 spiro atoms. The molecule has 0 saturated carbocycles. The lowest BCUT2D eigenvalue weighted by atomic mass is 9.97. The Morgan fingerprint density at radius 3 is 2.00 bits per heavy atom. The predicted molar refractivity (Wildman–Crippen MR) is 64.6 cm³/mol. The molecule has 0 saturated heterocycles. The average Bonchev–Trinajstić information content (AvgIpc) is 2.28. The summed E-state index contributed by atoms with van der Waals surface area (Å²) in [5.41, 5.74) is 0. The Balaban J connectivity index is 4.38. The summed E-state index contributed by atoms with van der Waals surface area (Å²) in [7, 11) is 0. The van der Waals surface area contributed by atoms with Crippen LogP contribution in [-0.4, -0.2) is 34.7 Å². The Kier molecular flexibility index (Phi) is 8.40. The topological polar surface area (TPSA) is 86.6 Å². The molecule has 0 aliphatic rings. The number of carboxylic acids is 1. The standard InChI is InChI=1S/C12H23NO4/c1-3-5-9(6-4-2)11(15)13-10(7-8-14)12(16)17/h9-10,14H,3-8H2,1-2H3,(H,13,15)(H,16,17). The van der Waals surface area contributed by atoms with Crippen molar-refractivity contribution in [3.63, 3.8) is 0 Å². The highest BCUT2D eigenvalue weighted by molar-refractivity contribution is 5.84. The van der Waals surface area contributed by atoms with Crippen molar-refractivity contribution in [3.8, 4) is 0 Å². The van der Waals surface area contributed by atoms with Crippen LogP contribution in [0.5, 0.6) is 0 Å². The van der Waals surface area contributed by atoms with Gasteiger partial charge >= 0.3 is 5.97 Å². The van der Waals surface area contributed by atoms with Crippen LogP contribution in [-0.2, 0) is 9.59 Å². The van der Waals surface area contributed by atoms with Crippen LogP contribution in [0.2, 0.25) is 0 Å². The van der Waals surface area contributed by atoms with Crippen molar-refractivity contribution in [2.24, 2.45) is 5.92 Å². The molecule has 0 aromatic heterocycles. The summed E-state index contributed by atoms with van der Waals surface area (Å²) in [4.78, 5) is 22.7. The summed E-state index contributed by atoms with van der Waals surface area (Å²) in [6.07, 6.45) is 3.38. The maximum atomic E-state index is 11.9. The fourth-order valence-electron chi connectivity index (χ4n) is 1.78. The van der Waals surface area contributed by atoms with Gasteiger partial charge in [0.05, 0.1) is 0 Å². The first-order chi connectivity index (χ1) is 8.06. The van der Waals surface area contributed by atoms with Crippen LogP contribution in [0.3, 0.4) is 0 Å². The quantitative estimate of drug-likeness (QED) is 0.569. The zero-order chi connectivity index (χ0) is 13.3. The van der Waals surface area contributed by atoms with Crippen molar-refractivity contribution < 1.29 is 19.8 Å². The lowest BCUT2D eigenvalue weighted by Crippen LogP contribution is -2.44. The number of carbonyl (C=O) groups excluding carboxylic acids is 1. The van der Waals surface area contributed by atoms with Gasteiger partial charge in [0.1, 0.15) is 6.04 Å². The van der Waals surface area contributed by atoms with Crippen LogP contribution < -0.4 is 5.32 Å². The third kappa shape index (κ3) is 6.26. The highest BCUT2D eigenvalue weighted by atomic mass is 16.4. The minimum Gasteiger partial charge on any atom is -0.480 e. The van der Waals surface area contributed by atoms with Crippen molar-refractivity contribution in [2.75, 3.05) is 6.61 Å². The van der Waals surface area contributed by atoms with Gasteiger partial charge in [-0.05, 0) is 12.8 Å². The van der Waals surface area contributed by atoms with E-state index in [-0.39, 0.29) is 24.9 Å². The van der Waals surface area contributed by atoms with Crippen LogP contribution >= 0.6 is 0 Å². The van der Waals surface area contributed by atoms with Gasteiger partial charge < -0.3 is 15.5 Å². The largest absolute Gasteiger partial charge is 0.480 e. The second-order valence-corrected chi connectivity index (χ2v) is 4.19. The third-order valence-electron chi connectivity index (χ3n) is 2.68. The second-order valence-electron chi connectivity index (χ2n) is 4.19. The van der Waals surface area contributed by atoms with Crippen molar-refractivity contribution in [2.45, 2.75) is 52.0 Å². The molecule has 5 heteroatoms. The van der Waals surface area contributed by atoms with Crippen molar-refractivity contribution in [1.82, 2.24) is 5.32 Å². The molecule has 17 heavy (non-hydrogen) atoms. The molecule has 0 aromatic carbocycles. The molecule has 1 unspecified atom stereocenters. The SMILES string of the molecule is CCCC(CCC)C(=O)NC(CCO)C(=O)O. The van der Waals surface area contributed by atoms with Crippen molar-refractivity contribution >= 4 is 11.9 Å². The number of nitrogens with one attached hydrogen (secondary N) is 1. The van der Waals surface area contributed by atoms with Gasteiger partial charge in [-0.1, -0.05) is 26.7 Å². The van der Waals surface area contributed by atoms with Crippen LogP contribution in [0, 0.1) is 5.92 Å². The minimum absolute atomic E-state index is 0.0477. The Bertz CT molecular complexity index is 237. The predicted octanol–water partition coefficient (Wildman–Crippen LogP) is 1.15. The van der Waals surface area contributed by atoms with Gasteiger partial charge in [-0.25, -0.2) is 4.79 Å². The van der Waals surface area contributed by atoms with Gasteiger partial charge in [-0.15, -0.1) is 0 Å². The van der Waals surface area contributed by atoms with Crippen LogP contribution in [0.1, 0.15) is 46.0 Å². The van der Waals surface area contributed by atoms with Gasteiger partial charge in [-0.3, -0.25) is 4.79 Å². The molecule has 0 fully saturated rings. The first kappa shape index (κ1) is 15.9. The fraction of sp³-hybridized carbons (Fsp3) is 0.833. The summed E-state index contributed by atoms with van der Waals surface area (Å²) < 4.78 is 0. The summed E-state index contributed by atoms with van der Waals surface area (Å²) in [5.74, 6) is -1.43. The van der Waals surface area contributed by atoms with E-state index in [2.05, 4.69) is 5.32 Å². The Labute approximate surface area is 102 Å². The molecule has 0 bridgehead atoms. The van der Waals surface area contributed by atoms with Gasteiger partial charge in [-0.2, -0.15) is 0 Å². The first-order valence-electron chi connectivity index (χ1n) is 6.20.